The molecule has 1 aliphatic rings. The predicted octanol–water partition coefficient (Wildman–Crippen LogP) is 1.96. The van der Waals surface area contributed by atoms with E-state index >= 15 is 0 Å². The van der Waals surface area contributed by atoms with E-state index < -0.39 is 17.1 Å². The summed E-state index contributed by atoms with van der Waals surface area (Å²) in [5, 5.41) is 0. The average molecular weight is 349 g/mol. The van der Waals surface area contributed by atoms with Crippen molar-refractivity contribution < 1.29 is 13.7 Å². The van der Waals surface area contributed by atoms with Gasteiger partial charge < -0.3 is 4.74 Å². The van der Waals surface area contributed by atoms with Crippen molar-refractivity contribution in [2.45, 2.75) is 6.92 Å². The Morgan fingerprint density at radius 2 is 2.33 bits per heavy atom. The Balaban J connectivity index is 2.39. The van der Waals surface area contributed by atoms with E-state index in [0.717, 1.165) is 14.2 Å². The van der Waals surface area contributed by atoms with Crippen LogP contribution in [0.5, 0.6) is 0 Å². The van der Waals surface area contributed by atoms with E-state index in [-0.39, 0.29) is 5.71 Å². The number of halogens is 1. The molecule has 1 aromatic heterocycles. The number of hydrogen-bond acceptors (Lipinski definition) is 4. The van der Waals surface area contributed by atoms with Crippen LogP contribution in [0.4, 0.5) is 0 Å². The summed E-state index contributed by atoms with van der Waals surface area (Å²) in [6, 6.07) is 1.94. The number of rotatable bonds is 2. The molecule has 0 saturated heterocycles. The minimum absolute atomic E-state index is 0.0479. The number of carbonyl (C=O) groups is 1. The Morgan fingerprint density at radius 1 is 1.61 bits per heavy atom. The summed E-state index contributed by atoms with van der Waals surface area (Å²) in [5.74, 6) is -0.602. The zero-order chi connectivity index (χ0) is 13.3. The van der Waals surface area contributed by atoms with Crippen LogP contribution in [0.25, 0.3) is 5.70 Å². The molecule has 0 aromatic carbocycles. The molecule has 1 aliphatic heterocycles. The fourth-order valence-electron chi connectivity index (χ4n) is 1.31. The van der Waals surface area contributed by atoms with Gasteiger partial charge in [0, 0.05) is 0 Å². The van der Waals surface area contributed by atoms with Gasteiger partial charge >= 0.3 is 5.97 Å². The SMILES string of the molecule is COC(=O)C1=NS(=O)NC(c2cc(C)c(Br)s2)=C1. The Labute approximate surface area is 119 Å². The van der Waals surface area contributed by atoms with Crippen LogP contribution in [0.2, 0.25) is 0 Å². The van der Waals surface area contributed by atoms with Gasteiger partial charge in [0.25, 0.3) is 0 Å². The summed E-state index contributed by atoms with van der Waals surface area (Å²) in [6.45, 7) is 1.96. The summed E-state index contributed by atoms with van der Waals surface area (Å²) >= 11 is 3.25. The quantitative estimate of drug-likeness (QED) is 0.830. The number of hydrogen-bond donors (Lipinski definition) is 1. The van der Waals surface area contributed by atoms with Crippen LogP contribution < -0.4 is 4.72 Å². The maximum atomic E-state index is 11.5. The second kappa shape index (κ2) is 5.33. The zero-order valence-corrected chi connectivity index (χ0v) is 12.7. The van der Waals surface area contributed by atoms with Crippen LogP contribution >= 0.6 is 27.3 Å². The molecule has 2 rings (SSSR count). The van der Waals surface area contributed by atoms with Crippen LogP contribution in [-0.2, 0) is 20.7 Å². The van der Waals surface area contributed by atoms with Crippen molar-refractivity contribution in [1.29, 1.82) is 0 Å². The van der Waals surface area contributed by atoms with E-state index in [0.29, 0.717) is 5.70 Å². The summed E-state index contributed by atoms with van der Waals surface area (Å²) in [5.41, 5.74) is 1.72. The van der Waals surface area contributed by atoms with Crippen molar-refractivity contribution in [3.8, 4) is 0 Å². The average Bonchev–Trinajstić information content (AvgIpc) is 2.68. The predicted molar refractivity (Wildman–Crippen MR) is 75.5 cm³/mol. The van der Waals surface area contributed by atoms with Crippen LogP contribution in [0.15, 0.2) is 20.3 Å². The molecular weight excluding hydrogens is 340 g/mol. The maximum Gasteiger partial charge on any atom is 0.357 e. The number of thiophene rings is 1. The molecule has 0 amide bonds. The molecule has 1 atom stereocenters. The second-order valence-electron chi connectivity index (χ2n) is 3.44. The summed E-state index contributed by atoms with van der Waals surface area (Å²) in [7, 11) is 1.26. The standard InChI is InChI=1S/C10H9BrN2O3S2/c1-5-3-8(17-9(5)11)6-4-7(10(14)16-2)13-18(15)12-6/h3-4,12H,1-2H3. The molecule has 0 spiro atoms. The molecule has 5 nitrogen and oxygen atoms in total. The van der Waals surface area contributed by atoms with E-state index in [9.17, 15) is 9.00 Å². The van der Waals surface area contributed by atoms with E-state index in [2.05, 4.69) is 29.8 Å². The first-order valence-corrected chi connectivity index (χ1v) is 7.56. The second-order valence-corrected chi connectivity index (χ2v) is 6.70. The van der Waals surface area contributed by atoms with E-state index in [1.807, 2.05) is 13.0 Å². The highest BCUT2D eigenvalue weighted by Gasteiger charge is 2.20. The monoisotopic (exact) mass is 348 g/mol. The highest BCUT2D eigenvalue weighted by molar-refractivity contribution is 9.11. The molecule has 0 radical (unpaired) electrons. The van der Waals surface area contributed by atoms with Crippen LogP contribution in [-0.4, -0.2) is 23.0 Å². The fraction of sp³-hybridized carbons (Fsp3) is 0.200. The van der Waals surface area contributed by atoms with Gasteiger partial charge in [-0.15, -0.1) is 11.3 Å². The van der Waals surface area contributed by atoms with Crippen molar-refractivity contribution in [2.75, 3.05) is 7.11 Å². The first kappa shape index (κ1) is 13.4. The number of carbonyl (C=O) groups excluding carboxylic acids is 1. The Kier molecular flexibility index (Phi) is 3.98. The first-order chi connectivity index (χ1) is 8.51. The molecule has 1 N–H and O–H groups in total. The van der Waals surface area contributed by atoms with E-state index in [1.54, 1.807) is 0 Å². The van der Waals surface area contributed by atoms with Crippen LogP contribution in [0.3, 0.4) is 0 Å². The molecule has 1 unspecified atom stereocenters. The Hall–Kier alpha value is -0.990. The molecule has 1 aromatic rings. The van der Waals surface area contributed by atoms with E-state index in [1.165, 1.54) is 24.5 Å². The Bertz CT molecular complexity index is 572. The number of ether oxygens (including phenoxy) is 1. The van der Waals surface area contributed by atoms with Crippen LogP contribution in [0, 0.1) is 6.92 Å². The minimum atomic E-state index is -1.66. The normalized spacial score (nSPS) is 18.7. The molecule has 18 heavy (non-hydrogen) atoms. The third kappa shape index (κ3) is 2.70. The van der Waals surface area contributed by atoms with Crippen molar-refractivity contribution >= 4 is 55.8 Å². The molecule has 0 bridgehead atoms. The highest BCUT2D eigenvalue weighted by Crippen LogP contribution is 2.31. The van der Waals surface area contributed by atoms with Gasteiger partial charge in [-0.25, -0.2) is 9.00 Å². The van der Waals surface area contributed by atoms with E-state index in [4.69, 9.17) is 0 Å². The lowest BCUT2D eigenvalue weighted by Gasteiger charge is -2.11. The van der Waals surface area contributed by atoms with Gasteiger partial charge in [-0.3, -0.25) is 4.72 Å². The summed E-state index contributed by atoms with van der Waals surface area (Å²) in [6.07, 6.45) is 1.53. The van der Waals surface area contributed by atoms with Crippen molar-refractivity contribution in [3.63, 3.8) is 0 Å². The fourth-order valence-corrected chi connectivity index (χ4v) is 3.59. The van der Waals surface area contributed by atoms with Gasteiger partial charge in [0.15, 0.2) is 5.71 Å². The number of nitrogens with zero attached hydrogens (tertiary/aromatic N) is 1. The minimum Gasteiger partial charge on any atom is -0.464 e. The highest BCUT2D eigenvalue weighted by atomic mass is 79.9. The lowest BCUT2D eigenvalue weighted by Crippen LogP contribution is -2.25. The van der Waals surface area contributed by atoms with Gasteiger partial charge in [-0.1, -0.05) is 0 Å². The number of methoxy groups -OCH3 is 1. The van der Waals surface area contributed by atoms with Gasteiger partial charge in [-0.05, 0) is 40.6 Å². The molecule has 96 valence electrons. The third-order valence-electron chi connectivity index (χ3n) is 2.18. The van der Waals surface area contributed by atoms with Gasteiger partial charge in [0.05, 0.1) is 21.5 Å². The number of esters is 1. The van der Waals surface area contributed by atoms with Crippen molar-refractivity contribution in [2.24, 2.45) is 4.40 Å². The van der Waals surface area contributed by atoms with Crippen molar-refractivity contribution in [3.05, 3.63) is 26.4 Å². The molecule has 0 fully saturated rings. The zero-order valence-electron chi connectivity index (χ0n) is 9.52. The third-order valence-corrected chi connectivity index (χ3v) is 5.10. The largest absolute Gasteiger partial charge is 0.464 e. The summed E-state index contributed by atoms with van der Waals surface area (Å²) in [4.78, 5) is 12.3. The smallest absolute Gasteiger partial charge is 0.357 e. The van der Waals surface area contributed by atoms with Gasteiger partial charge in [-0.2, -0.15) is 4.40 Å². The molecule has 0 saturated carbocycles. The molecule has 8 heteroatoms. The molecule has 0 aliphatic carbocycles. The molecule has 2 heterocycles. The number of aryl methyl sites for hydroxylation is 1. The van der Waals surface area contributed by atoms with Gasteiger partial charge in [0.1, 0.15) is 0 Å². The number of nitrogens with one attached hydrogen (secondary N) is 1. The van der Waals surface area contributed by atoms with Gasteiger partial charge in [0.2, 0.25) is 11.2 Å². The van der Waals surface area contributed by atoms with Crippen molar-refractivity contribution in [1.82, 2.24) is 4.72 Å². The topological polar surface area (TPSA) is 67.8 Å². The first-order valence-electron chi connectivity index (χ1n) is 4.85. The lowest BCUT2D eigenvalue weighted by molar-refractivity contribution is -0.132. The summed E-state index contributed by atoms with van der Waals surface area (Å²) < 4.78 is 23.5. The van der Waals surface area contributed by atoms with Crippen LogP contribution in [0.1, 0.15) is 10.4 Å². The lowest BCUT2D eigenvalue weighted by atomic mass is 10.2. The molecular formula is C10H9BrN2O3S2. The Morgan fingerprint density at radius 3 is 2.89 bits per heavy atom. The maximum absolute atomic E-state index is 11.5.